The topological polar surface area (TPSA) is 30.5 Å². The Labute approximate surface area is 125 Å². The molecule has 2 unspecified atom stereocenters. The predicted octanol–water partition coefficient (Wildman–Crippen LogP) is 3.52. The second-order valence-corrected chi connectivity index (χ2v) is 5.32. The Morgan fingerprint density at radius 2 is 1.76 bits per heavy atom. The number of hydrogen-bond donors (Lipinski definition) is 1. The van der Waals surface area contributed by atoms with Crippen molar-refractivity contribution >= 4 is 0 Å². The summed E-state index contributed by atoms with van der Waals surface area (Å²) in [6.07, 6.45) is 1.10. The molecule has 0 saturated carbocycles. The van der Waals surface area contributed by atoms with E-state index in [0.29, 0.717) is 12.0 Å². The smallest absolute Gasteiger partial charge is 0.164 e. The summed E-state index contributed by atoms with van der Waals surface area (Å²) < 4.78 is 11.0. The summed E-state index contributed by atoms with van der Waals surface area (Å²) in [5.74, 6) is 2.06. The molecule has 1 aliphatic heterocycles. The van der Waals surface area contributed by atoms with Gasteiger partial charge in [0.2, 0.25) is 0 Å². The van der Waals surface area contributed by atoms with E-state index in [4.69, 9.17) is 9.47 Å². The first-order valence-corrected chi connectivity index (χ1v) is 7.34. The number of para-hydroxylation sites is 1. The average Bonchev–Trinajstić information content (AvgIpc) is 3.04. The standard InChI is InChI=1S/C18H21NO2/c1-20-16-10-6-9-15(18(16)21-2)14-11-12-19-17(14)13-7-4-3-5-8-13/h3-10,14,17,19H,11-12H2,1-2H3. The highest BCUT2D eigenvalue weighted by Crippen LogP contribution is 2.44. The monoisotopic (exact) mass is 283 g/mol. The lowest BCUT2D eigenvalue weighted by atomic mass is 9.87. The van der Waals surface area contributed by atoms with Crippen LogP contribution in [0.25, 0.3) is 0 Å². The summed E-state index contributed by atoms with van der Waals surface area (Å²) in [4.78, 5) is 0. The van der Waals surface area contributed by atoms with Crippen LogP contribution >= 0.6 is 0 Å². The van der Waals surface area contributed by atoms with E-state index < -0.39 is 0 Å². The molecule has 3 rings (SSSR count). The van der Waals surface area contributed by atoms with Crippen LogP contribution in [0.3, 0.4) is 0 Å². The maximum Gasteiger partial charge on any atom is 0.164 e. The molecular weight excluding hydrogens is 262 g/mol. The molecule has 1 heterocycles. The molecule has 21 heavy (non-hydrogen) atoms. The third kappa shape index (κ3) is 2.61. The largest absolute Gasteiger partial charge is 0.493 e. The van der Waals surface area contributed by atoms with Crippen molar-refractivity contribution in [2.75, 3.05) is 20.8 Å². The predicted molar refractivity (Wildman–Crippen MR) is 84.1 cm³/mol. The lowest BCUT2D eigenvalue weighted by molar-refractivity contribution is 0.348. The van der Waals surface area contributed by atoms with Gasteiger partial charge in [-0.2, -0.15) is 0 Å². The van der Waals surface area contributed by atoms with Crippen LogP contribution < -0.4 is 14.8 Å². The Hall–Kier alpha value is -2.00. The number of benzene rings is 2. The minimum absolute atomic E-state index is 0.326. The summed E-state index contributed by atoms with van der Waals surface area (Å²) >= 11 is 0. The second kappa shape index (κ2) is 6.19. The maximum atomic E-state index is 5.61. The average molecular weight is 283 g/mol. The zero-order chi connectivity index (χ0) is 14.7. The van der Waals surface area contributed by atoms with Crippen LogP contribution in [0.15, 0.2) is 48.5 Å². The summed E-state index contributed by atoms with van der Waals surface area (Å²) in [7, 11) is 3.39. The van der Waals surface area contributed by atoms with Crippen molar-refractivity contribution in [1.29, 1.82) is 0 Å². The van der Waals surface area contributed by atoms with E-state index in [0.717, 1.165) is 24.5 Å². The van der Waals surface area contributed by atoms with Crippen molar-refractivity contribution in [3.8, 4) is 11.5 Å². The van der Waals surface area contributed by atoms with Crippen molar-refractivity contribution in [3.63, 3.8) is 0 Å². The van der Waals surface area contributed by atoms with Crippen LogP contribution in [-0.4, -0.2) is 20.8 Å². The molecule has 0 aromatic heterocycles. The molecule has 1 aliphatic rings. The van der Waals surface area contributed by atoms with Gasteiger partial charge in [0, 0.05) is 17.5 Å². The van der Waals surface area contributed by atoms with Crippen molar-refractivity contribution in [3.05, 3.63) is 59.7 Å². The molecule has 0 spiro atoms. The van der Waals surface area contributed by atoms with Gasteiger partial charge in [0.05, 0.1) is 14.2 Å². The first-order chi connectivity index (χ1) is 10.3. The van der Waals surface area contributed by atoms with E-state index in [-0.39, 0.29) is 0 Å². The molecule has 3 heteroatoms. The van der Waals surface area contributed by atoms with E-state index >= 15 is 0 Å². The first kappa shape index (κ1) is 14.0. The third-order valence-corrected chi connectivity index (χ3v) is 4.21. The first-order valence-electron chi connectivity index (χ1n) is 7.34. The number of ether oxygens (including phenoxy) is 2. The van der Waals surface area contributed by atoms with Crippen LogP contribution in [0.1, 0.15) is 29.5 Å². The Morgan fingerprint density at radius 1 is 0.952 bits per heavy atom. The normalized spacial score (nSPS) is 21.2. The summed E-state index contributed by atoms with van der Waals surface area (Å²) in [6.45, 7) is 1.02. The SMILES string of the molecule is COc1cccc(C2CCNC2c2ccccc2)c1OC. The van der Waals surface area contributed by atoms with E-state index in [1.165, 1.54) is 11.1 Å². The van der Waals surface area contributed by atoms with Crippen LogP contribution in [0.4, 0.5) is 0 Å². The van der Waals surface area contributed by atoms with Crippen LogP contribution in [0, 0.1) is 0 Å². The van der Waals surface area contributed by atoms with Crippen molar-refractivity contribution in [1.82, 2.24) is 5.32 Å². The lowest BCUT2D eigenvalue weighted by Crippen LogP contribution is -2.17. The minimum Gasteiger partial charge on any atom is -0.493 e. The molecule has 0 amide bonds. The van der Waals surface area contributed by atoms with Crippen LogP contribution in [0.2, 0.25) is 0 Å². The molecule has 1 saturated heterocycles. The fraction of sp³-hybridized carbons (Fsp3) is 0.333. The van der Waals surface area contributed by atoms with Crippen molar-refractivity contribution < 1.29 is 9.47 Å². The van der Waals surface area contributed by atoms with Gasteiger partial charge in [-0.3, -0.25) is 0 Å². The highest BCUT2D eigenvalue weighted by molar-refractivity contribution is 5.49. The van der Waals surface area contributed by atoms with E-state index in [2.05, 4.69) is 41.7 Å². The Bertz CT molecular complexity index is 597. The molecule has 2 aromatic carbocycles. The van der Waals surface area contributed by atoms with Gasteiger partial charge in [0.15, 0.2) is 11.5 Å². The van der Waals surface area contributed by atoms with E-state index in [9.17, 15) is 0 Å². The Kier molecular flexibility index (Phi) is 4.11. The zero-order valence-corrected chi connectivity index (χ0v) is 12.5. The van der Waals surface area contributed by atoms with Gasteiger partial charge in [-0.15, -0.1) is 0 Å². The highest BCUT2D eigenvalue weighted by Gasteiger charge is 2.32. The Morgan fingerprint density at radius 3 is 2.48 bits per heavy atom. The van der Waals surface area contributed by atoms with Gasteiger partial charge < -0.3 is 14.8 Å². The lowest BCUT2D eigenvalue weighted by Gasteiger charge is -2.23. The fourth-order valence-electron chi connectivity index (χ4n) is 3.25. The van der Waals surface area contributed by atoms with Crippen LogP contribution in [0.5, 0.6) is 11.5 Å². The maximum absolute atomic E-state index is 5.61. The molecule has 0 bridgehead atoms. The molecule has 0 radical (unpaired) electrons. The van der Waals surface area contributed by atoms with Gasteiger partial charge in [-0.25, -0.2) is 0 Å². The number of rotatable bonds is 4. The van der Waals surface area contributed by atoms with Gasteiger partial charge in [0.25, 0.3) is 0 Å². The number of hydrogen-bond acceptors (Lipinski definition) is 3. The van der Waals surface area contributed by atoms with Gasteiger partial charge in [0.1, 0.15) is 0 Å². The summed E-state index contributed by atoms with van der Waals surface area (Å²) in [5, 5.41) is 3.61. The van der Waals surface area contributed by atoms with Gasteiger partial charge in [-0.05, 0) is 24.6 Å². The van der Waals surface area contributed by atoms with Gasteiger partial charge in [-0.1, -0.05) is 42.5 Å². The summed E-state index contributed by atoms with van der Waals surface area (Å²) in [6, 6.07) is 17.1. The summed E-state index contributed by atoms with van der Waals surface area (Å²) in [5.41, 5.74) is 2.54. The van der Waals surface area contributed by atoms with Gasteiger partial charge >= 0.3 is 0 Å². The molecule has 2 atom stereocenters. The quantitative estimate of drug-likeness (QED) is 0.931. The van der Waals surface area contributed by atoms with E-state index in [1.54, 1.807) is 14.2 Å². The molecule has 3 nitrogen and oxygen atoms in total. The third-order valence-electron chi connectivity index (χ3n) is 4.21. The van der Waals surface area contributed by atoms with Crippen LogP contribution in [-0.2, 0) is 0 Å². The second-order valence-electron chi connectivity index (χ2n) is 5.32. The molecule has 2 aromatic rings. The van der Waals surface area contributed by atoms with E-state index in [1.807, 2.05) is 12.1 Å². The zero-order valence-electron chi connectivity index (χ0n) is 12.5. The highest BCUT2D eigenvalue weighted by atomic mass is 16.5. The molecular formula is C18H21NO2. The van der Waals surface area contributed by atoms with Crippen molar-refractivity contribution in [2.45, 2.75) is 18.4 Å². The molecule has 110 valence electrons. The molecule has 0 aliphatic carbocycles. The Balaban J connectivity index is 1.99. The number of nitrogens with one attached hydrogen (secondary N) is 1. The van der Waals surface area contributed by atoms with Crippen molar-refractivity contribution in [2.24, 2.45) is 0 Å². The minimum atomic E-state index is 0.326. The molecule has 1 N–H and O–H groups in total. The number of methoxy groups -OCH3 is 2. The fourth-order valence-corrected chi connectivity index (χ4v) is 3.25. The molecule has 1 fully saturated rings.